The van der Waals surface area contributed by atoms with Crippen molar-refractivity contribution in [2.45, 2.75) is 24.2 Å². The van der Waals surface area contributed by atoms with E-state index in [1.807, 2.05) is 31.2 Å². The molecule has 0 radical (unpaired) electrons. The molecule has 0 N–H and O–H groups in total. The van der Waals surface area contributed by atoms with Crippen LogP contribution in [0.25, 0.3) is 61.3 Å². The SMILES string of the molecule is Cc1nc(-c2ccccc2)cc2c1nc(-c1cccc3c1oc1c[c]([Ge]([CH3])([CH3])[CH3])ccc13)n2-c1ccccc1. The Balaban J connectivity index is 1.54. The molecule has 3 aromatic heterocycles. The Morgan fingerprint density at radius 2 is 1.46 bits per heavy atom. The average Bonchev–Trinajstić information content (AvgIpc) is 3.52. The summed E-state index contributed by atoms with van der Waals surface area (Å²) in [5, 5.41) is 2.26. The van der Waals surface area contributed by atoms with Crippen LogP contribution in [0.15, 0.2) is 108 Å². The minimum absolute atomic E-state index is 0.852. The van der Waals surface area contributed by atoms with E-state index in [1.165, 1.54) is 4.40 Å². The van der Waals surface area contributed by atoms with Crippen molar-refractivity contribution in [3.05, 3.63) is 109 Å². The first-order valence-electron chi connectivity index (χ1n) is 13.4. The topological polar surface area (TPSA) is 43.9 Å². The number of furan rings is 1. The summed E-state index contributed by atoms with van der Waals surface area (Å²) in [6.07, 6.45) is 0. The Hall–Kier alpha value is -4.16. The molecule has 0 aliphatic carbocycles. The van der Waals surface area contributed by atoms with Gasteiger partial charge in [0.15, 0.2) is 0 Å². The minimum atomic E-state index is -2.01. The molecule has 3 heterocycles. The zero-order valence-electron chi connectivity index (χ0n) is 22.6. The van der Waals surface area contributed by atoms with Crippen LogP contribution in [-0.4, -0.2) is 27.8 Å². The first-order valence-corrected chi connectivity index (χ1v) is 20.7. The van der Waals surface area contributed by atoms with Crippen LogP contribution in [0, 0.1) is 6.92 Å². The summed E-state index contributed by atoms with van der Waals surface area (Å²) in [5.41, 5.74) is 8.69. The van der Waals surface area contributed by atoms with Crippen LogP contribution < -0.4 is 4.40 Å². The molecule has 0 saturated heterocycles. The molecule has 4 nitrogen and oxygen atoms in total. The molecule has 0 unspecified atom stereocenters. The van der Waals surface area contributed by atoms with Crippen molar-refractivity contribution in [2.75, 3.05) is 0 Å². The second kappa shape index (κ2) is 8.96. The summed E-state index contributed by atoms with van der Waals surface area (Å²) in [4.78, 5) is 10.2. The number of aromatic nitrogens is 3. The van der Waals surface area contributed by atoms with Gasteiger partial charge in [-0.1, -0.05) is 30.3 Å². The second-order valence-electron chi connectivity index (χ2n) is 11.2. The van der Waals surface area contributed by atoms with E-state index >= 15 is 0 Å². The number of rotatable bonds is 4. The molecule has 7 rings (SSSR count). The van der Waals surface area contributed by atoms with Gasteiger partial charge < -0.3 is 0 Å². The van der Waals surface area contributed by atoms with Crippen molar-refractivity contribution in [1.29, 1.82) is 0 Å². The number of hydrogen-bond donors (Lipinski definition) is 0. The van der Waals surface area contributed by atoms with Gasteiger partial charge >= 0.3 is 201 Å². The van der Waals surface area contributed by atoms with Crippen LogP contribution in [0.2, 0.25) is 17.3 Å². The van der Waals surface area contributed by atoms with Crippen molar-refractivity contribution in [3.63, 3.8) is 0 Å². The molecular formula is C34H29GeN3O. The van der Waals surface area contributed by atoms with E-state index in [-0.39, 0.29) is 0 Å². The van der Waals surface area contributed by atoms with E-state index in [2.05, 4.69) is 101 Å². The number of para-hydroxylation sites is 2. The van der Waals surface area contributed by atoms with Crippen LogP contribution in [0.4, 0.5) is 0 Å². The van der Waals surface area contributed by atoms with Gasteiger partial charge in [-0.05, 0) is 0 Å². The zero-order valence-corrected chi connectivity index (χ0v) is 24.7. The first kappa shape index (κ1) is 23.9. The van der Waals surface area contributed by atoms with E-state index in [0.29, 0.717) is 0 Å². The van der Waals surface area contributed by atoms with Gasteiger partial charge in [-0.2, -0.15) is 0 Å². The summed E-state index contributed by atoms with van der Waals surface area (Å²) in [6.45, 7) is 2.04. The number of hydrogen-bond acceptors (Lipinski definition) is 3. The van der Waals surface area contributed by atoms with Crippen molar-refractivity contribution < 1.29 is 4.42 Å². The van der Waals surface area contributed by atoms with Gasteiger partial charge in [0, 0.05) is 0 Å². The van der Waals surface area contributed by atoms with E-state index in [1.54, 1.807) is 0 Å². The molecule has 0 spiro atoms. The molecule has 5 heteroatoms. The van der Waals surface area contributed by atoms with Crippen molar-refractivity contribution in [2.24, 2.45) is 0 Å². The summed E-state index contributed by atoms with van der Waals surface area (Å²) >= 11 is -2.01. The van der Waals surface area contributed by atoms with Crippen molar-refractivity contribution in [1.82, 2.24) is 14.5 Å². The van der Waals surface area contributed by atoms with Crippen LogP contribution in [0.5, 0.6) is 0 Å². The molecule has 7 aromatic rings. The number of imidazole rings is 1. The normalized spacial score (nSPS) is 12.1. The molecule has 0 saturated carbocycles. The third-order valence-corrected chi connectivity index (χ3v) is 11.8. The van der Waals surface area contributed by atoms with Gasteiger partial charge in [-0.25, -0.2) is 0 Å². The first-order chi connectivity index (χ1) is 18.9. The van der Waals surface area contributed by atoms with Crippen molar-refractivity contribution in [3.8, 4) is 28.3 Å². The second-order valence-corrected chi connectivity index (χ2v) is 21.8. The van der Waals surface area contributed by atoms with Gasteiger partial charge in [0.25, 0.3) is 0 Å². The van der Waals surface area contributed by atoms with Crippen LogP contribution in [0.1, 0.15) is 5.69 Å². The van der Waals surface area contributed by atoms with E-state index in [0.717, 1.165) is 67.0 Å². The van der Waals surface area contributed by atoms with Gasteiger partial charge in [-0.3, -0.25) is 0 Å². The number of pyridine rings is 1. The maximum atomic E-state index is 6.65. The Labute approximate surface area is 230 Å². The summed E-state index contributed by atoms with van der Waals surface area (Å²) in [6, 6.07) is 36.1. The summed E-state index contributed by atoms with van der Waals surface area (Å²) in [7, 11) is 0. The van der Waals surface area contributed by atoms with Gasteiger partial charge in [0.2, 0.25) is 0 Å². The Morgan fingerprint density at radius 3 is 2.21 bits per heavy atom. The fraction of sp³-hybridized carbons (Fsp3) is 0.118. The molecule has 0 amide bonds. The van der Waals surface area contributed by atoms with E-state index in [9.17, 15) is 0 Å². The Bertz CT molecular complexity index is 2000. The Kier molecular flexibility index (Phi) is 5.49. The molecule has 0 atom stereocenters. The predicted molar refractivity (Wildman–Crippen MR) is 165 cm³/mol. The van der Waals surface area contributed by atoms with Gasteiger partial charge in [0.05, 0.1) is 0 Å². The summed E-state index contributed by atoms with van der Waals surface area (Å²) in [5.74, 6) is 8.09. The molecule has 0 bridgehead atoms. The molecular weight excluding hydrogens is 539 g/mol. The van der Waals surface area contributed by atoms with E-state index < -0.39 is 13.3 Å². The fourth-order valence-electron chi connectivity index (χ4n) is 5.44. The third-order valence-electron chi connectivity index (χ3n) is 7.51. The van der Waals surface area contributed by atoms with Crippen LogP contribution >= 0.6 is 0 Å². The number of nitrogens with zero attached hydrogens (tertiary/aromatic N) is 3. The van der Waals surface area contributed by atoms with Gasteiger partial charge in [0.1, 0.15) is 0 Å². The molecule has 0 fully saturated rings. The van der Waals surface area contributed by atoms with Crippen LogP contribution in [-0.2, 0) is 0 Å². The molecule has 4 aromatic carbocycles. The standard InChI is InChI=1S/C34H29GeN3O/c1-22-32-30(21-29(36-22)23-12-7-5-8-13-23)38(25-14-9-6-10-15-25)34(37-32)28-17-11-16-27-26-19-18-24(35(2,3)4)20-31(26)39-33(27)28/h5-21H,1-4H3. The predicted octanol–water partition coefficient (Wildman–Crippen LogP) is 8.51. The number of aryl methyl sites for hydroxylation is 1. The van der Waals surface area contributed by atoms with E-state index in [4.69, 9.17) is 14.4 Å². The molecule has 190 valence electrons. The van der Waals surface area contributed by atoms with Crippen molar-refractivity contribution >= 4 is 50.6 Å². The zero-order chi connectivity index (χ0) is 26.7. The van der Waals surface area contributed by atoms with Gasteiger partial charge in [-0.15, -0.1) is 0 Å². The monoisotopic (exact) mass is 569 g/mol. The number of benzene rings is 4. The molecule has 0 aliphatic rings. The molecule has 0 aliphatic heterocycles. The number of fused-ring (bicyclic) bond motifs is 4. The fourth-order valence-corrected chi connectivity index (χ4v) is 7.85. The average molecular weight is 568 g/mol. The molecule has 39 heavy (non-hydrogen) atoms. The Morgan fingerprint density at radius 1 is 0.718 bits per heavy atom. The van der Waals surface area contributed by atoms with Crippen LogP contribution in [0.3, 0.4) is 0 Å². The quantitative estimate of drug-likeness (QED) is 0.200. The third kappa shape index (κ3) is 3.98. The maximum absolute atomic E-state index is 6.65. The summed E-state index contributed by atoms with van der Waals surface area (Å²) < 4.78 is 10.3.